The van der Waals surface area contributed by atoms with E-state index in [1.165, 1.54) is 6.07 Å². The van der Waals surface area contributed by atoms with Crippen molar-refractivity contribution in [2.45, 2.75) is 26.6 Å². The lowest BCUT2D eigenvalue weighted by molar-refractivity contribution is -0.138. The summed E-state index contributed by atoms with van der Waals surface area (Å²) in [7, 11) is 0. The van der Waals surface area contributed by atoms with Crippen LogP contribution < -0.4 is 10.1 Å². The van der Waals surface area contributed by atoms with Gasteiger partial charge >= 0.3 is 6.18 Å². The molecule has 0 spiro atoms. The van der Waals surface area contributed by atoms with Crippen LogP contribution in [-0.2, 0) is 12.7 Å². The lowest BCUT2D eigenvalue weighted by Crippen LogP contribution is -2.19. The van der Waals surface area contributed by atoms with Crippen molar-refractivity contribution in [3.8, 4) is 5.75 Å². The summed E-state index contributed by atoms with van der Waals surface area (Å²) in [6.07, 6.45) is -4.45. The van der Waals surface area contributed by atoms with Crippen molar-refractivity contribution in [1.82, 2.24) is 5.32 Å². The molecule has 1 aromatic rings. The van der Waals surface area contributed by atoms with Gasteiger partial charge in [0.25, 0.3) is 0 Å². The summed E-state index contributed by atoms with van der Waals surface area (Å²) in [4.78, 5) is 0. The number of alkyl halides is 3. The maximum Gasteiger partial charge on any atom is 0.419 e. The molecular weight excluding hydrogens is 347 g/mol. The Morgan fingerprint density at radius 2 is 2.05 bits per heavy atom. The van der Waals surface area contributed by atoms with E-state index in [0.29, 0.717) is 22.5 Å². The minimum absolute atomic E-state index is 0.00593. The van der Waals surface area contributed by atoms with Crippen LogP contribution in [0.15, 0.2) is 29.3 Å². The molecule has 0 aliphatic heterocycles. The molecule has 0 radical (unpaired) electrons. The maximum atomic E-state index is 13.1. The van der Waals surface area contributed by atoms with Gasteiger partial charge in [-0.15, -0.1) is 0 Å². The van der Waals surface area contributed by atoms with E-state index >= 15 is 0 Å². The van der Waals surface area contributed by atoms with Gasteiger partial charge in [0.2, 0.25) is 0 Å². The van der Waals surface area contributed by atoms with Crippen LogP contribution in [0.2, 0.25) is 0 Å². The number of halogens is 4. The lowest BCUT2D eigenvalue weighted by Gasteiger charge is -2.16. The predicted octanol–water partition coefficient (Wildman–Crippen LogP) is 4.74. The summed E-state index contributed by atoms with van der Waals surface area (Å²) in [5.74, 6) is 0.260. The van der Waals surface area contributed by atoms with Gasteiger partial charge in [0.15, 0.2) is 0 Å². The van der Waals surface area contributed by atoms with Gasteiger partial charge in [0.1, 0.15) is 12.4 Å². The van der Waals surface area contributed by atoms with Gasteiger partial charge in [0, 0.05) is 11.0 Å². The molecule has 0 saturated carbocycles. The third kappa shape index (κ3) is 6.52. The number of rotatable bonds is 7. The molecule has 1 N–H and O–H groups in total. The zero-order valence-corrected chi connectivity index (χ0v) is 13.6. The molecule has 1 rings (SSSR count). The van der Waals surface area contributed by atoms with Crippen molar-refractivity contribution in [2.24, 2.45) is 5.92 Å². The average molecular weight is 366 g/mol. The molecule has 0 amide bonds. The zero-order valence-electron chi connectivity index (χ0n) is 12.1. The molecule has 1 aromatic carbocycles. The molecule has 21 heavy (non-hydrogen) atoms. The van der Waals surface area contributed by atoms with Gasteiger partial charge in [-0.3, -0.25) is 0 Å². The molecular formula is C15H19BrF3NO. The molecule has 0 aliphatic rings. The normalized spacial score (nSPS) is 11.8. The first kappa shape index (κ1) is 18.0. The fourth-order valence-corrected chi connectivity index (χ4v) is 1.81. The fourth-order valence-electron chi connectivity index (χ4n) is 1.70. The minimum Gasteiger partial charge on any atom is -0.488 e. The highest BCUT2D eigenvalue weighted by Gasteiger charge is 2.34. The van der Waals surface area contributed by atoms with E-state index in [2.05, 4.69) is 27.8 Å². The first-order valence-corrected chi connectivity index (χ1v) is 7.36. The largest absolute Gasteiger partial charge is 0.488 e. The van der Waals surface area contributed by atoms with Crippen LogP contribution in [0.5, 0.6) is 5.75 Å². The second-order valence-corrected chi connectivity index (χ2v) is 6.28. The van der Waals surface area contributed by atoms with Gasteiger partial charge in [0.05, 0.1) is 5.56 Å². The van der Waals surface area contributed by atoms with Crippen LogP contribution in [0.4, 0.5) is 13.2 Å². The molecule has 0 saturated heterocycles. The Labute approximate surface area is 131 Å². The van der Waals surface area contributed by atoms with Gasteiger partial charge in [-0.2, -0.15) is 13.2 Å². The van der Waals surface area contributed by atoms with Crippen LogP contribution >= 0.6 is 15.9 Å². The molecule has 0 bridgehead atoms. The quantitative estimate of drug-likeness (QED) is 0.753. The van der Waals surface area contributed by atoms with E-state index in [1.54, 1.807) is 6.07 Å². The van der Waals surface area contributed by atoms with Gasteiger partial charge in [-0.25, -0.2) is 0 Å². The van der Waals surface area contributed by atoms with Crippen LogP contribution in [-0.4, -0.2) is 13.2 Å². The number of nitrogens with one attached hydrogen (secondary N) is 1. The number of benzene rings is 1. The molecule has 0 aromatic heterocycles. The summed E-state index contributed by atoms with van der Waals surface area (Å²) in [6.45, 7) is 8.76. The van der Waals surface area contributed by atoms with E-state index in [9.17, 15) is 13.2 Å². The Balaban J connectivity index is 2.88. The summed E-state index contributed by atoms with van der Waals surface area (Å²) in [6, 6.07) is 4.11. The summed E-state index contributed by atoms with van der Waals surface area (Å²) in [5.41, 5.74) is -0.187. The lowest BCUT2D eigenvalue weighted by atomic mass is 10.1. The smallest absolute Gasteiger partial charge is 0.419 e. The first-order chi connectivity index (χ1) is 9.70. The minimum atomic E-state index is -4.45. The molecule has 0 atom stereocenters. The van der Waals surface area contributed by atoms with Crippen molar-refractivity contribution >= 4 is 15.9 Å². The van der Waals surface area contributed by atoms with Crippen LogP contribution in [0, 0.1) is 5.92 Å². The zero-order chi connectivity index (χ0) is 16.0. The summed E-state index contributed by atoms with van der Waals surface area (Å²) in [5, 5.41) is 3.12. The van der Waals surface area contributed by atoms with Crippen molar-refractivity contribution in [2.75, 3.05) is 13.2 Å². The molecule has 118 valence electrons. The number of hydrogen-bond acceptors (Lipinski definition) is 2. The monoisotopic (exact) mass is 365 g/mol. The highest BCUT2D eigenvalue weighted by atomic mass is 79.9. The Kier molecular flexibility index (Phi) is 6.74. The predicted molar refractivity (Wildman–Crippen MR) is 81.6 cm³/mol. The van der Waals surface area contributed by atoms with E-state index in [0.717, 1.165) is 12.6 Å². The Bertz CT molecular complexity index is 486. The van der Waals surface area contributed by atoms with Crippen molar-refractivity contribution in [1.29, 1.82) is 0 Å². The van der Waals surface area contributed by atoms with E-state index < -0.39 is 11.7 Å². The topological polar surface area (TPSA) is 21.3 Å². The molecule has 6 heteroatoms. The third-order valence-electron chi connectivity index (χ3n) is 2.62. The van der Waals surface area contributed by atoms with E-state index in [1.807, 2.05) is 13.8 Å². The Morgan fingerprint density at radius 3 is 2.57 bits per heavy atom. The van der Waals surface area contributed by atoms with Crippen molar-refractivity contribution < 1.29 is 17.9 Å². The highest BCUT2D eigenvalue weighted by molar-refractivity contribution is 9.11. The number of ether oxygens (including phenoxy) is 1. The first-order valence-electron chi connectivity index (χ1n) is 6.57. The molecule has 0 heterocycles. The molecule has 0 aliphatic carbocycles. The van der Waals surface area contributed by atoms with Crippen molar-refractivity contribution in [3.63, 3.8) is 0 Å². The maximum absolute atomic E-state index is 13.1. The second-order valence-electron chi connectivity index (χ2n) is 5.16. The molecule has 2 nitrogen and oxygen atoms in total. The third-order valence-corrected chi connectivity index (χ3v) is 2.84. The highest BCUT2D eigenvalue weighted by Crippen LogP contribution is 2.37. The fraction of sp³-hybridized carbons (Fsp3) is 0.467. The van der Waals surface area contributed by atoms with Crippen LogP contribution in [0.3, 0.4) is 0 Å². The summed E-state index contributed by atoms with van der Waals surface area (Å²) >= 11 is 3.06. The van der Waals surface area contributed by atoms with Crippen LogP contribution in [0.1, 0.15) is 25.0 Å². The van der Waals surface area contributed by atoms with Gasteiger partial charge in [-0.05, 0) is 30.2 Å². The van der Waals surface area contributed by atoms with Gasteiger partial charge < -0.3 is 10.1 Å². The van der Waals surface area contributed by atoms with Crippen molar-refractivity contribution in [3.05, 3.63) is 40.4 Å². The summed E-state index contributed by atoms with van der Waals surface area (Å²) < 4.78 is 44.8. The van der Waals surface area contributed by atoms with Crippen LogP contribution in [0.25, 0.3) is 0 Å². The Hall–Kier alpha value is -1.01. The standard InChI is InChI=1S/C15H19BrF3NO/c1-10(2)7-20-8-12-4-5-14(21-9-11(3)16)13(6-12)15(17,18)19/h4-6,10,20H,3,7-9H2,1-2H3. The second kappa shape index (κ2) is 7.84. The number of hydrogen-bond donors (Lipinski definition) is 1. The SMILES string of the molecule is C=C(Br)COc1ccc(CNCC(C)C)cc1C(F)(F)F. The molecule has 0 fully saturated rings. The molecule has 0 unspecified atom stereocenters. The average Bonchev–Trinajstić information content (AvgIpc) is 2.35. The van der Waals surface area contributed by atoms with E-state index in [-0.39, 0.29) is 12.4 Å². The Morgan fingerprint density at radius 1 is 1.38 bits per heavy atom. The van der Waals surface area contributed by atoms with Gasteiger partial charge in [-0.1, -0.05) is 42.4 Å². The van der Waals surface area contributed by atoms with E-state index in [4.69, 9.17) is 4.74 Å².